The highest BCUT2D eigenvalue weighted by Gasteiger charge is 2.19. The summed E-state index contributed by atoms with van der Waals surface area (Å²) >= 11 is 0. The molecular weight excluding hydrogens is 909 g/mol. The van der Waals surface area contributed by atoms with Crippen molar-refractivity contribution < 1.29 is 0 Å². The zero-order chi connectivity index (χ0) is 49.0. The Morgan fingerprint density at radius 3 is 1.08 bits per heavy atom. The summed E-state index contributed by atoms with van der Waals surface area (Å²) < 4.78 is 4.71. The van der Waals surface area contributed by atoms with Crippen LogP contribution in [0.4, 0.5) is 0 Å². The molecule has 10 heteroatoms. The summed E-state index contributed by atoms with van der Waals surface area (Å²) in [6.07, 6.45) is 14.3. The molecule has 0 fully saturated rings. The molecule has 6 aromatic carbocycles. The lowest BCUT2D eigenvalue weighted by atomic mass is 10.0. The molecule has 0 spiro atoms. The maximum absolute atomic E-state index is 5.14. The third kappa shape index (κ3) is 7.53. The van der Waals surface area contributed by atoms with E-state index in [1.165, 1.54) is 16.2 Å². The van der Waals surface area contributed by atoms with Crippen LogP contribution in [-0.2, 0) is 0 Å². The van der Waals surface area contributed by atoms with Crippen molar-refractivity contribution in [2.24, 2.45) is 0 Å². The number of hydrogen-bond donors (Lipinski definition) is 0. The van der Waals surface area contributed by atoms with Crippen LogP contribution in [-0.4, -0.2) is 49.0 Å². The second-order valence-electron chi connectivity index (χ2n) is 18.1. The molecule has 0 saturated carbocycles. The Hall–Kier alpha value is -10.3. The van der Waals surface area contributed by atoms with Gasteiger partial charge in [0, 0.05) is 116 Å². The summed E-state index contributed by atoms with van der Waals surface area (Å²) in [7, 11) is 0. The number of pyridine rings is 4. The lowest BCUT2D eigenvalue weighted by Crippen LogP contribution is -1.98. The average molecular weight is 949 g/mol. The molecule has 0 N–H and O–H groups in total. The van der Waals surface area contributed by atoms with Crippen LogP contribution in [0.25, 0.3) is 134 Å². The van der Waals surface area contributed by atoms with Gasteiger partial charge in [-0.3, -0.25) is 19.9 Å². The SMILES string of the molecule is c1cc(-c2nc(-c3ccncc3)cc(-c3ccncc3)n2)cc(-n2c3ccccc3c3cc(-c4ccc5c6ccccc6n(-c6cccc(-c7nc(-c8ccncc8)cc(-c8ccncc8)n7)c6)c5c4)ccc32)c1. The van der Waals surface area contributed by atoms with E-state index in [9.17, 15) is 0 Å². The van der Waals surface area contributed by atoms with Crippen molar-refractivity contribution in [2.75, 3.05) is 0 Å². The van der Waals surface area contributed by atoms with Crippen LogP contribution in [0.5, 0.6) is 0 Å². The van der Waals surface area contributed by atoms with Crippen LogP contribution in [0.1, 0.15) is 0 Å². The molecule has 0 amide bonds. The predicted octanol–water partition coefficient (Wildman–Crippen LogP) is 14.7. The molecule has 0 aliphatic carbocycles. The molecule has 0 bridgehead atoms. The first-order valence-corrected chi connectivity index (χ1v) is 24.4. The minimum Gasteiger partial charge on any atom is -0.309 e. The summed E-state index contributed by atoms with van der Waals surface area (Å²) in [4.78, 5) is 37.5. The van der Waals surface area contributed by atoms with Crippen molar-refractivity contribution in [1.82, 2.24) is 49.0 Å². The van der Waals surface area contributed by atoms with Gasteiger partial charge in [-0.1, -0.05) is 78.9 Å². The van der Waals surface area contributed by atoms with Gasteiger partial charge in [-0.25, -0.2) is 19.9 Å². The topological polar surface area (TPSA) is 113 Å². The number of para-hydroxylation sites is 2. The fraction of sp³-hybridized carbons (Fsp3) is 0. The molecule has 0 unspecified atom stereocenters. The molecule has 346 valence electrons. The molecule has 14 rings (SSSR count). The van der Waals surface area contributed by atoms with Gasteiger partial charge in [0.25, 0.3) is 0 Å². The second-order valence-corrected chi connectivity index (χ2v) is 18.1. The third-order valence-corrected chi connectivity index (χ3v) is 13.8. The minimum atomic E-state index is 0.632. The van der Waals surface area contributed by atoms with Gasteiger partial charge in [0.2, 0.25) is 0 Å². The average Bonchev–Trinajstić information content (AvgIpc) is 4.00. The lowest BCUT2D eigenvalue weighted by molar-refractivity contribution is 1.15. The molecule has 8 aromatic heterocycles. The van der Waals surface area contributed by atoms with E-state index in [0.29, 0.717) is 11.6 Å². The number of nitrogens with zero attached hydrogens (tertiary/aromatic N) is 10. The van der Waals surface area contributed by atoms with E-state index in [0.717, 1.165) is 106 Å². The number of fused-ring (bicyclic) bond motifs is 6. The zero-order valence-electron chi connectivity index (χ0n) is 39.6. The number of hydrogen-bond acceptors (Lipinski definition) is 8. The van der Waals surface area contributed by atoms with Crippen LogP contribution in [0.2, 0.25) is 0 Å². The quantitative estimate of drug-likeness (QED) is 0.141. The van der Waals surface area contributed by atoms with E-state index in [-0.39, 0.29) is 0 Å². The Morgan fingerprint density at radius 1 is 0.230 bits per heavy atom. The summed E-state index contributed by atoms with van der Waals surface area (Å²) in [5, 5.41) is 4.68. The third-order valence-electron chi connectivity index (χ3n) is 13.8. The largest absolute Gasteiger partial charge is 0.309 e. The molecular formula is C64H40N10. The summed E-state index contributed by atoms with van der Waals surface area (Å²) in [5.74, 6) is 1.27. The van der Waals surface area contributed by atoms with Gasteiger partial charge in [-0.05, 0) is 126 Å². The Morgan fingerprint density at radius 2 is 0.608 bits per heavy atom. The number of benzene rings is 6. The highest BCUT2D eigenvalue weighted by Crippen LogP contribution is 2.40. The van der Waals surface area contributed by atoms with Gasteiger partial charge in [-0.15, -0.1) is 0 Å². The van der Waals surface area contributed by atoms with Gasteiger partial charge < -0.3 is 9.13 Å². The van der Waals surface area contributed by atoms with Gasteiger partial charge in [0.15, 0.2) is 11.6 Å². The maximum Gasteiger partial charge on any atom is 0.160 e. The van der Waals surface area contributed by atoms with Crippen LogP contribution in [0.15, 0.2) is 244 Å². The first-order chi connectivity index (χ1) is 36.7. The molecule has 0 aliphatic rings. The minimum absolute atomic E-state index is 0.632. The van der Waals surface area contributed by atoms with E-state index in [4.69, 9.17) is 19.9 Å². The molecule has 74 heavy (non-hydrogen) atoms. The highest BCUT2D eigenvalue weighted by atomic mass is 15.0. The molecule has 14 aromatic rings. The van der Waals surface area contributed by atoms with Crippen LogP contribution < -0.4 is 0 Å². The summed E-state index contributed by atoms with van der Waals surface area (Å²) in [5.41, 5.74) is 17.6. The first kappa shape index (κ1) is 42.5. The Bertz CT molecular complexity index is 4310. The van der Waals surface area contributed by atoms with E-state index < -0.39 is 0 Å². The van der Waals surface area contributed by atoms with Crippen molar-refractivity contribution in [3.63, 3.8) is 0 Å². The van der Waals surface area contributed by atoms with Crippen LogP contribution >= 0.6 is 0 Å². The fourth-order valence-electron chi connectivity index (χ4n) is 10.3. The summed E-state index contributed by atoms with van der Waals surface area (Å²) in [6.45, 7) is 0. The van der Waals surface area contributed by atoms with Crippen molar-refractivity contribution >= 4 is 43.6 Å². The Balaban J connectivity index is 0.876. The molecule has 0 saturated heterocycles. The normalized spacial score (nSPS) is 11.5. The monoisotopic (exact) mass is 948 g/mol. The predicted molar refractivity (Wildman–Crippen MR) is 296 cm³/mol. The van der Waals surface area contributed by atoms with Gasteiger partial charge >= 0.3 is 0 Å². The Kier molecular flexibility index (Phi) is 10.2. The van der Waals surface area contributed by atoms with Crippen molar-refractivity contribution in [3.05, 3.63) is 244 Å². The smallest absolute Gasteiger partial charge is 0.160 e. The molecule has 8 heterocycles. The molecule has 0 aliphatic heterocycles. The highest BCUT2D eigenvalue weighted by molar-refractivity contribution is 6.12. The first-order valence-electron chi connectivity index (χ1n) is 24.4. The maximum atomic E-state index is 5.14. The van der Waals surface area contributed by atoms with E-state index in [1.807, 2.05) is 60.7 Å². The molecule has 0 radical (unpaired) electrons. The zero-order valence-corrected chi connectivity index (χ0v) is 39.6. The van der Waals surface area contributed by atoms with Crippen LogP contribution in [0, 0.1) is 0 Å². The molecule has 10 nitrogen and oxygen atoms in total. The van der Waals surface area contributed by atoms with Gasteiger partial charge in [-0.2, -0.15) is 0 Å². The molecule has 0 atom stereocenters. The number of rotatable bonds is 9. The van der Waals surface area contributed by atoms with Gasteiger partial charge in [0.1, 0.15) is 0 Å². The van der Waals surface area contributed by atoms with Crippen molar-refractivity contribution in [1.29, 1.82) is 0 Å². The van der Waals surface area contributed by atoms with E-state index in [2.05, 4.69) is 163 Å². The number of aromatic nitrogens is 10. The standard InChI is InChI=1S/C64H40N10/c1-3-13-59-51(11-1)53-17-15-46(38-62(53)74(59)50-10-6-8-48(36-50)64-71-57(43-23-31-67-32-24-43)40-58(72-64)44-25-33-68-34-26-44)45-16-18-61-54(37-45)52-12-2-4-14-60(52)73(61)49-9-5-7-47(35-49)63-69-55(41-19-27-65-28-20-41)39-56(70-63)42-21-29-66-30-22-42/h1-40H. The van der Waals surface area contributed by atoms with Crippen molar-refractivity contribution in [3.8, 4) is 90.3 Å². The lowest BCUT2D eigenvalue weighted by Gasteiger charge is -2.13. The fourth-order valence-corrected chi connectivity index (χ4v) is 10.3. The van der Waals surface area contributed by atoms with Gasteiger partial charge in [0.05, 0.1) is 44.8 Å². The van der Waals surface area contributed by atoms with Crippen molar-refractivity contribution in [2.45, 2.75) is 0 Å². The Labute approximate surface area is 424 Å². The van der Waals surface area contributed by atoms with E-state index >= 15 is 0 Å². The van der Waals surface area contributed by atoms with E-state index in [1.54, 1.807) is 49.6 Å². The summed E-state index contributed by atoms with van der Waals surface area (Å²) in [6, 6.07) is 67.9. The van der Waals surface area contributed by atoms with Crippen LogP contribution in [0.3, 0.4) is 0 Å². The second kappa shape index (κ2) is 17.8.